The number of benzene rings is 1. The summed E-state index contributed by atoms with van der Waals surface area (Å²) < 4.78 is 8.93. The van der Waals surface area contributed by atoms with Crippen molar-refractivity contribution in [2.24, 2.45) is 5.92 Å². The van der Waals surface area contributed by atoms with Gasteiger partial charge in [0.1, 0.15) is 22.9 Å². The number of imidazole rings is 1. The lowest BCUT2D eigenvalue weighted by atomic mass is 9.86. The number of esters is 1. The molecule has 0 aliphatic heterocycles. The van der Waals surface area contributed by atoms with Gasteiger partial charge < -0.3 is 10.1 Å². The third kappa shape index (κ3) is 3.85. The van der Waals surface area contributed by atoms with Gasteiger partial charge in [-0.3, -0.25) is 9.20 Å². The Hall–Kier alpha value is -2.34. The van der Waals surface area contributed by atoms with Crippen molar-refractivity contribution in [1.82, 2.24) is 9.38 Å². The lowest BCUT2D eigenvalue weighted by Gasteiger charge is -2.25. The first kappa shape index (κ1) is 19.6. The summed E-state index contributed by atoms with van der Waals surface area (Å²) in [5.41, 5.74) is 2.55. The number of fused-ring (bicyclic) bond motifs is 1. The van der Waals surface area contributed by atoms with Crippen molar-refractivity contribution in [3.05, 3.63) is 47.1 Å². The van der Waals surface area contributed by atoms with Crippen LogP contribution in [0.2, 0.25) is 0 Å². The van der Waals surface area contributed by atoms with Gasteiger partial charge in [0.05, 0.1) is 5.92 Å². The summed E-state index contributed by atoms with van der Waals surface area (Å²) in [5, 5.41) is 3.76. The first-order valence-corrected chi connectivity index (χ1v) is 11.7. The zero-order valence-corrected chi connectivity index (χ0v) is 18.5. The van der Waals surface area contributed by atoms with Gasteiger partial charge in [-0.05, 0) is 65.9 Å². The van der Waals surface area contributed by atoms with Crippen molar-refractivity contribution in [1.29, 1.82) is 0 Å². The van der Waals surface area contributed by atoms with Gasteiger partial charge in [-0.15, -0.1) is 0 Å². The van der Waals surface area contributed by atoms with Crippen molar-refractivity contribution >= 4 is 33.4 Å². The molecule has 0 radical (unpaired) electrons. The number of hydrogen-bond donors (Lipinski definition) is 1. The van der Waals surface area contributed by atoms with Crippen molar-refractivity contribution in [3.63, 3.8) is 0 Å². The normalized spacial score (nSPS) is 17.6. The molecule has 1 aromatic carbocycles. The van der Waals surface area contributed by atoms with Gasteiger partial charge in [-0.2, -0.15) is 0 Å². The molecule has 2 fully saturated rings. The van der Waals surface area contributed by atoms with Crippen LogP contribution in [0.4, 0.5) is 5.82 Å². The molecule has 2 aliphatic carbocycles. The Morgan fingerprint density at radius 1 is 1.03 bits per heavy atom. The number of hydrogen-bond acceptors (Lipinski definition) is 4. The molecule has 6 heteroatoms. The predicted octanol–water partition coefficient (Wildman–Crippen LogP) is 6.21. The summed E-state index contributed by atoms with van der Waals surface area (Å²) in [4.78, 5) is 17.5. The summed E-state index contributed by atoms with van der Waals surface area (Å²) in [6, 6.07) is 12.2. The van der Waals surface area contributed by atoms with Crippen LogP contribution in [0.25, 0.3) is 16.9 Å². The molecule has 2 aliphatic rings. The number of para-hydroxylation sites is 1. The summed E-state index contributed by atoms with van der Waals surface area (Å²) in [7, 11) is 0. The van der Waals surface area contributed by atoms with Crippen LogP contribution in [0, 0.1) is 5.92 Å². The highest BCUT2D eigenvalue weighted by molar-refractivity contribution is 9.10. The molecule has 2 saturated carbocycles. The summed E-state index contributed by atoms with van der Waals surface area (Å²) >= 11 is 3.59. The van der Waals surface area contributed by atoms with E-state index in [-0.39, 0.29) is 11.9 Å². The smallest absolute Gasteiger partial charge is 0.314 e. The third-order valence-corrected chi connectivity index (χ3v) is 6.79. The molecular formula is C24H26BrN3O2. The van der Waals surface area contributed by atoms with Gasteiger partial charge >= 0.3 is 5.97 Å². The third-order valence-electron chi connectivity index (χ3n) is 6.32. The Bertz CT molecular complexity index is 1070. The second-order valence-electron chi connectivity index (χ2n) is 8.41. The summed E-state index contributed by atoms with van der Waals surface area (Å²) in [5.74, 6) is 1.46. The molecule has 0 saturated heterocycles. The van der Waals surface area contributed by atoms with Gasteiger partial charge in [-0.1, -0.05) is 37.8 Å². The topological polar surface area (TPSA) is 55.6 Å². The first-order valence-electron chi connectivity index (χ1n) is 10.9. The fourth-order valence-electron chi connectivity index (χ4n) is 4.37. The Morgan fingerprint density at radius 2 is 1.83 bits per heavy atom. The summed E-state index contributed by atoms with van der Waals surface area (Å²) in [6.07, 6.45) is 11.2. The van der Waals surface area contributed by atoms with Crippen molar-refractivity contribution < 1.29 is 9.53 Å². The van der Waals surface area contributed by atoms with Gasteiger partial charge in [0.2, 0.25) is 0 Å². The Morgan fingerprint density at radius 3 is 2.60 bits per heavy atom. The lowest BCUT2D eigenvalue weighted by molar-refractivity contribution is -0.141. The van der Waals surface area contributed by atoms with Crippen LogP contribution in [-0.4, -0.2) is 21.4 Å². The number of anilines is 1. The number of nitrogens with zero attached hydrogens (tertiary/aromatic N) is 2. The van der Waals surface area contributed by atoms with Gasteiger partial charge in [0.25, 0.3) is 0 Å². The van der Waals surface area contributed by atoms with Crippen LogP contribution in [-0.2, 0) is 4.79 Å². The number of ether oxygens (including phenoxy) is 1. The van der Waals surface area contributed by atoms with Gasteiger partial charge in [0.15, 0.2) is 0 Å². The Balaban J connectivity index is 1.56. The maximum absolute atomic E-state index is 12.5. The zero-order chi connectivity index (χ0) is 20.5. The minimum absolute atomic E-state index is 0.0370. The van der Waals surface area contributed by atoms with E-state index in [0.717, 1.165) is 46.5 Å². The fourth-order valence-corrected chi connectivity index (χ4v) is 4.71. The molecule has 0 spiro atoms. The maximum Gasteiger partial charge on any atom is 0.314 e. The second kappa shape index (κ2) is 8.42. The van der Waals surface area contributed by atoms with Crippen molar-refractivity contribution in [2.75, 3.05) is 5.32 Å². The van der Waals surface area contributed by atoms with E-state index in [1.165, 1.54) is 32.1 Å². The number of halogens is 1. The first-order chi connectivity index (χ1) is 14.7. The van der Waals surface area contributed by atoms with E-state index in [0.29, 0.717) is 11.8 Å². The molecule has 3 aromatic rings. The molecule has 5 nitrogen and oxygen atoms in total. The molecule has 2 aromatic heterocycles. The van der Waals surface area contributed by atoms with E-state index in [1.807, 2.05) is 42.6 Å². The van der Waals surface area contributed by atoms with Crippen LogP contribution in [0.15, 0.2) is 47.1 Å². The lowest BCUT2D eigenvalue weighted by Crippen LogP contribution is -2.26. The van der Waals surface area contributed by atoms with Crippen molar-refractivity contribution in [2.45, 2.75) is 57.4 Å². The number of pyridine rings is 1. The molecule has 2 heterocycles. The van der Waals surface area contributed by atoms with Crippen LogP contribution < -0.4 is 10.1 Å². The number of carbonyl (C=O) groups excluding carboxylic acids is 1. The Labute approximate surface area is 185 Å². The number of rotatable bonds is 5. The fraction of sp³-hybridized carbons (Fsp3) is 0.417. The average molecular weight is 468 g/mol. The molecule has 1 N–H and O–H groups in total. The summed E-state index contributed by atoms with van der Waals surface area (Å²) in [6.45, 7) is 0. The van der Waals surface area contributed by atoms with E-state index in [9.17, 15) is 4.79 Å². The molecule has 0 bridgehead atoms. The number of carbonyl (C=O) groups is 1. The predicted molar refractivity (Wildman–Crippen MR) is 122 cm³/mol. The second-order valence-corrected chi connectivity index (χ2v) is 9.32. The highest BCUT2D eigenvalue weighted by Gasteiger charge is 2.28. The minimum Gasteiger partial charge on any atom is -0.426 e. The number of aromatic nitrogens is 2. The maximum atomic E-state index is 12.5. The zero-order valence-electron chi connectivity index (χ0n) is 16.9. The molecule has 30 heavy (non-hydrogen) atoms. The molecule has 5 rings (SSSR count). The van der Waals surface area contributed by atoms with Gasteiger partial charge in [0, 0.05) is 22.3 Å². The van der Waals surface area contributed by atoms with Crippen LogP contribution in [0.5, 0.6) is 5.75 Å². The minimum atomic E-state index is -0.123. The molecule has 156 valence electrons. The van der Waals surface area contributed by atoms with Crippen LogP contribution >= 0.6 is 15.9 Å². The molecule has 0 atom stereocenters. The van der Waals surface area contributed by atoms with Gasteiger partial charge in [-0.25, -0.2) is 4.98 Å². The molecular weight excluding hydrogens is 442 g/mol. The number of nitrogens with one attached hydrogen (secondary N) is 1. The standard InChI is InChI=1S/C24H26BrN3O2/c25-17-13-14-21-27-22(23(28(21)15-17)26-18-9-2-1-3-10-18)19-11-4-5-12-20(19)30-24(29)16-7-6-8-16/h4-5,11-16,18,26H,1-3,6-10H2. The van der Waals surface area contributed by atoms with E-state index in [4.69, 9.17) is 9.72 Å². The highest BCUT2D eigenvalue weighted by Crippen LogP contribution is 2.38. The Kier molecular flexibility index (Phi) is 5.50. The molecule has 0 amide bonds. The van der Waals surface area contributed by atoms with E-state index >= 15 is 0 Å². The van der Waals surface area contributed by atoms with Crippen molar-refractivity contribution in [3.8, 4) is 17.0 Å². The average Bonchev–Trinajstić information content (AvgIpc) is 3.05. The van der Waals surface area contributed by atoms with E-state index in [1.54, 1.807) is 0 Å². The highest BCUT2D eigenvalue weighted by atomic mass is 79.9. The van der Waals surface area contributed by atoms with E-state index < -0.39 is 0 Å². The monoisotopic (exact) mass is 467 g/mol. The van der Waals surface area contributed by atoms with Crippen LogP contribution in [0.3, 0.4) is 0 Å². The molecule has 0 unspecified atom stereocenters. The SMILES string of the molecule is O=C(Oc1ccccc1-c1nc2ccc(Br)cn2c1NC1CCCCC1)C1CCC1. The van der Waals surface area contributed by atoms with E-state index in [2.05, 4.69) is 25.6 Å². The van der Waals surface area contributed by atoms with Crippen LogP contribution in [0.1, 0.15) is 51.4 Å². The largest absolute Gasteiger partial charge is 0.426 e. The quantitative estimate of drug-likeness (QED) is 0.357.